The number of hydrogen-bond acceptors (Lipinski definition) is 4. The van der Waals surface area contributed by atoms with Crippen molar-refractivity contribution >= 4 is 15.7 Å². The van der Waals surface area contributed by atoms with E-state index in [1.807, 2.05) is 35.9 Å². The van der Waals surface area contributed by atoms with Gasteiger partial charge in [0.05, 0.1) is 11.4 Å². The lowest BCUT2D eigenvalue weighted by atomic mass is 10.1. The summed E-state index contributed by atoms with van der Waals surface area (Å²) in [5, 5.41) is 0. The quantitative estimate of drug-likeness (QED) is 0.817. The number of likely N-dealkylation sites (tertiary alicyclic amines) is 1. The van der Waals surface area contributed by atoms with E-state index in [1.54, 1.807) is 12.1 Å². The number of carbonyl (C=O) groups excluding carboxylic acids is 1. The summed E-state index contributed by atoms with van der Waals surface area (Å²) >= 11 is 0. The molecule has 1 aromatic carbocycles. The second kappa shape index (κ2) is 8.12. The van der Waals surface area contributed by atoms with Gasteiger partial charge < -0.3 is 4.90 Å². The van der Waals surface area contributed by atoms with E-state index >= 15 is 0 Å². The second-order valence-electron chi connectivity index (χ2n) is 6.73. The van der Waals surface area contributed by atoms with Crippen molar-refractivity contribution in [2.75, 3.05) is 32.9 Å². The Morgan fingerprint density at radius 3 is 2.17 bits per heavy atom. The van der Waals surface area contributed by atoms with E-state index in [-0.39, 0.29) is 11.9 Å². The van der Waals surface area contributed by atoms with Gasteiger partial charge in [-0.15, -0.1) is 0 Å². The highest BCUT2D eigenvalue weighted by Gasteiger charge is 2.20. The van der Waals surface area contributed by atoms with Crippen molar-refractivity contribution in [3.05, 3.63) is 29.8 Å². The number of amides is 1. The van der Waals surface area contributed by atoms with Crippen LogP contribution in [0.15, 0.2) is 29.2 Å². The van der Waals surface area contributed by atoms with Gasteiger partial charge in [-0.25, -0.2) is 8.42 Å². The maximum absolute atomic E-state index is 12.5. The maximum atomic E-state index is 12.5. The molecule has 0 bridgehead atoms. The van der Waals surface area contributed by atoms with Gasteiger partial charge in [-0.2, -0.15) is 0 Å². The minimum atomic E-state index is -3.18. The van der Waals surface area contributed by atoms with Crippen molar-refractivity contribution in [1.82, 2.24) is 9.80 Å². The highest BCUT2D eigenvalue weighted by atomic mass is 32.2. The Morgan fingerprint density at radius 2 is 1.67 bits per heavy atom. The lowest BCUT2D eigenvalue weighted by molar-refractivity contribution is -0.132. The highest BCUT2D eigenvalue weighted by Crippen LogP contribution is 2.21. The van der Waals surface area contributed by atoms with Gasteiger partial charge in [0.2, 0.25) is 5.91 Å². The van der Waals surface area contributed by atoms with Crippen LogP contribution in [0.2, 0.25) is 0 Å². The predicted octanol–water partition coefficient (Wildman–Crippen LogP) is 2.49. The molecular formula is C18H28N2O3S. The van der Waals surface area contributed by atoms with Crippen molar-refractivity contribution in [3.63, 3.8) is 0 Å². The molecule has 1 amide bonds. The molecule has 1 aliphatic heterocycles. The van der Waals surface area contributed by atoms with E-state index in [9.17, 15) is 13.2 Å². The first-order valence-electron chi connectivity index (χ1n) is 8.57. The molecule has 1 fully saturated rings. The fourth-order valence-corrected chi connectivity index (χ4v) is 3.65. The van der Waals surface area contributed by atoms with Gasteiger partial charge in [-0.1, -0.05) is 25.0 Å². The number of hydrogen-bond donors (Lipinski definition) is 0. The van der Waals surface area contributed by atoms with E-state index in [0.717, 1.165) is 31.5 Å². The van der Waals surface area contributed by atoms with Crippen LogP contribution in [0.1, 0.15) is 44.2 Å². The van der Waals surface area contributed by atoms with Crippen molar-refractivity contribution in [2.45, 2.75) is 43.5 Å². The first-order chi connectivity index (χ1) is 11.3. The Hall–Kier alpha value is -1.40. The third-order valence-corrected chi connectivity index (χ3v) is 5.92. The Kier molecular flexibility index (Phi) is 6.40. The van der Waals surface area contributed by atoms with Gasteiger partial charge in [0.15, 0.2) is 9.84 Å². The van der Waals surface area contributed by atoms with Gasteiger partial charge in [0, 0.05) is 25.4 Å². The van der Waals surface area contributed by atoms with Gasteiger partial charge in [-0.05, 0) is 44.5 Å². The number of sulfone groups is 1. The van der Waals surface area contributed by atoms with Crippen LogP contribution in [0.5, 0.6) is 0 Å². The first-order valence-corrected chi connectivity index (χ1v) is 10.5. The van der Waals surface area contributed by atoms with Crippen LogP contribution >= 0.6 is 0 Å². The van der Waals surface area contributed by atoms with Crippen molar-refractivity contribution in [2.24, 2.45) is 0 Å². The maximum Gasteiger partial charge on any atom is 0.236 e. The molecule has 1 unspecified atom stereocenters. The van der Waals surface area contributed by atoms with Crippen LogP contribution in [-0.4, -0.2) is 57.1 Å². The summed E-state index contributed by atoms with van der Waals surface area (Å²) in [6.45, 7) is 4.15. The van der Waals surface area contributed by atoms with Crippen LogP contribution in [-0.2, 0) is 14.6 Å². The number of carbonyl (C=O) groups is 1. The zero-order valence-electron chi connectivity index (χ0n) is 14.9. The van der Waals surface area contributed by atoms with Gasteiger partial charge in [0.25, 0.3) is 0 Å². The van der Waals surface area contributed by atoms with Crippen LogP contribution in [0.25, 0.3) is 0 Å². The Balaban J connectivity index is 1.98. The molecule has 0 saturated carbocycles. The normalized spacial score (nSPS) is 17.6. The molecule has 5 nitrogen and oxygen atoms in total. The second-order valence-corrected chi connectivity index (χ2v) is 8.74. The summed E-state index contributed by atoms with van der Waals surface area (Å²) in [5.41, 5.74) is 1.01. The molecule has 24 heavy (non-hydrogen) atoms. The largest absolute Gasteiger partial charge is 0.342 e. The predicted molar refractivity (Wildman–Crippen MR) is 95.6 cm³/mol. The van der Waals surface area contributed by atoms with Crippen LogP contribution in [0.4, 0.5) is 0 Å². The Labute approximate surface area is 145 Å². The summed E-state index contributed by atoms with van der Waals surface area (Å²) in [7, 11) is -1.24. The monoisotopic (exact) mass is 352 g/mol. The van der Waals surface area contributed by atoms with E-state index in [2.05, 4.69) is 0 Å². The Bertz CT molecular complexity index is 647. The molecule has 1 aromatic rings. The molecule has 0 spiro atoms. The lowest BCUT2D eigenvalue weighted by Gasteiger charge is -2.28. The molecule has 0 aliphatic carbocycles. The third kappa shape index (κ3) is 5.05. The fraction of sp³-hybridized carbons (Fsp3) is 0.611. The molecule has 0 N–H and O–H groups in total. The first kappa shape index (κ1) is 18.9. The zero-order chi connectivity index (χ0) is 17.7. The SMILES string of the molecule is CC(c1ccc(S(C)(=O)=O)cc1)N(C)CC(=O)N1CCCCCC1. The van der Waals surface area contributed by atoms with E-state index in [1.165, 1.54) is 19.1 Å². The third-order valence-electron chi connectivity index (χ3n) is 4.80. The fourth-order valence-electron chi connectivity index (χ4n) is 3.02. The van der Waals surface area contributed by atoms with E-state index < -0.39 is 9.84 Å². The summed E-state index contributed by atoms with van der Waals surface area (Å²) in [5.74, 6) is 0.180. The van der Waals surface area contributed by atoms with Gasteiger partial charge in [0.1, 0.15) is 0 Å². The molecule has 134 valence electrons. The molecule has 6 heteroatoms. The molecule has 0 aromatic heterocycles. The number of rotatable bonds is 5. The molecule has 2 rings (SSSR count). The summed E-state index contributed by atoms with van der Waals surface area (Å²) in [6, 6.07) is 6.97. The summed E-state index contributed by atoms with van der Waals surface area (Å²) in [4.78, 5) is 16.8. The molecule has 0 radical (unpaired) electrons. The van der Waals surface area contributed by atoms with Gasteiger partial charge >= 0.3 is 0 Å². The average molecular weight is 353 g/mol. The average Bonchev–Trinajstić information content (AvgIpc) is 2.82. The standard InChI is InChI=1S/C18H28N2O3S/c1-15(16-8-10-17(11-9-16)24(3,22)23)19(2)14-18(21)20-12-6-4-5-7-13-20/h8-11,15H,4-7,12-14H2,1-3H3. The smallest absolute Gasteiger partial charge is 0.236 e. The molecular weight excluding hydrogens is 324 g/mol. The number of benzene rings is 1. The molecule has 1 aliphatic rings. The lowest BCUT2D eigenvalue weighted by Crippen LogP contribution is -2.40. The summed E-state index contributed by atoms with van der Waals surface area (Å²) in [6.07, 6.45) is 5.82. The van der Waals surface area contributed by atoms with Gasteiger partial charge in [-0.3, -0.25) is 9.69 Å². The topological polar surface area (TPSA) is 57.7 Å². The van der Waals surface area contributed by atoms with E-state index in [0.29, 0.717) is 11.4 Å². The van der Waals surface area contributed by atoms with Crippen LogP contribution < -0.4 is 0 Å². The number of nitrogens with zero attached hydrogens (tertiary/aromatic N) is 2. The van der Waals surface area contributed by atoms with E-state index in [4.69, 9.17) is 0 Å². The zero-order valence-corrected chi connectivity index (χ0v) is 15.7. The highest BCUT2D eigenvalue weighted by molar-refractivity contribution is 7.90. The van der Waals surface area contributed by atoms with Crippen molar-refractivity contribution in [1.29, 1.82) is 0 Å². The summed E-state index contributed by atoms with van der Waals surface area (Å²) < 4.78 is 23.1. The van der Waals surface area contributed by atoms with Crippen LogP contribution in [0.3, 0.4) is 0 Å². The van der Waals surface area contributed by atoms with Crippen molar-refractivity contribution in [3.8, 4) is 0 Å². The Morgan fingerprint density at radius 1 is 1.12 bits per heavy atom. The molecule has 1 atom stereocenters. The van der Waals surface area contributed by atoms with Crippen LogP contribution in [0, 0.1) is 0 Å². The number of likely N-dealkylation sites (N-methyl/N-ethyl adjacent to an activating group) is 1. The van der Waals surface area contributed by atoms with Crippen molar-refractivity contribution < 1.29 is 13.2 Å². The minimum Gasteiger partial charge on any atom is -0.342 e. The molecule has 1 saturated heterocycles. The minimum absolute atomic E-state index is 0.0505. The molecule has 1 heterocycles.